The lowest BCUT2D eigenvalue weighted by atomic mass is 9.77. The van der Waals surface area contributed by atoms with Crippen molar-refractivity contribution in [3.8, 4) is 23.0 Å². The summed E-state index contributed by atoms with van der Waals surface area (Å²) in [5, 5.41) is 34.7. The molecule has 462 valence electrons. The molecule has 8 aliphatic heterocycles. The van der Waals surface area contributed by atoms with E-state index in [1.165, 1.54) is 33.3 Å². The normalized spacial score (nSPS) is 25.0. The topological polar surface area (TPSA) is 214 Å². The molecule has 4 amide bonds. The summed E-state index contributed by atoms with van der Waals surface area (Å²) in [4.78, 5) is 76.9. The van der Waals surface area contributed by atoms with Gasteiger partial charge in [-0.05, 0) is 157 Å². The molecule has 0 unspecified atom stereocenters. The highest BCUT2D eigenvalue weighted by Gasteiger charge is 2.49. The number of ether oxygens (including phenoxy) is 6. The van der Waals surface area contributed by atoms with Crippen molar-refractivity contribution in [1.82, 2.24) is 19.6 Å². The van der Waals surface area contributed by atoms with Crippen LogP contribution in [0.4, 0.5) is 9.59 Å². The van der Waals surface area contributed by atoms with Gasteiger partial charge in [-0.3, -0.25) is 9.59 Å². The van der Waals surface area contributed by atoms with E-state index >= 15 is 0 Å². The van der Waals surface area contributed by atoms with E-state index in [1.807, 2.05) is 13.8 Å². The quantitative estimate of drug-likeness (QED) is 0.105. The van der Waals surface area contributed by atoms with Gasteiger partial charge in [-0.1, -0.05) is 46.6 Å². The predicted molar refractivity (Wildman–Crippen MR) is 319 cm³/mol. The smallest absolute Gasteiger partial charge is 0.415 e. The summed E-state index contributed by atoms with van der Waals surface area (Å²) in [6.45, 7) is 21.1. The van der Waals surface area contributed by atoms with E-state index in [1.54, 1.807) is 20.8 Å². The van der Waals surface area contributed by atoms with Gasteiger partial charge in [-0.25, -0.2) is 14.4 Å². The van der Waals surface area contributed by atoms with Gasteiger partial charge >= 0.3 is 18.2 Å². The summed E-state index contributed by atoms with van der Waals surface area (Å²) in [6, 6.07) is 1.78. The molecule has 10 rings (SSSR count). The Morgan fingerprint density at radius 1 is 0.624 bits per heavy atom. The van der Waals surface area contributed by atoms with Gasteiger partial charge < -0.3 is 63.3 Å². The number of likely N-dealkylation sites (tertiary alicyclic amines) is 2. The fraction of sp³-hybridized carbons (Fsp3) is 0.627. The van der Waals surface area contributed by atoms with Gasteiger partial charge in [-0.2, -0.15) is 0 Å². The maximum Gasteiger partial charge on any atom is 0.415 e. The number of nitrogens with zero attached hydrogens (tertiary/aromatic N) is 4. The Kier molecular flexibility index (Phi) is 18.4. The molecule has 2 aromatic rings. The first-order valence-electron chi connectivity index (χ1n) is 31.1. The number of rotatable bonds is 20. The molecule has 3 N–H and O–H groups in total. The molecule has 0 aromatic heterocycles. The Labute approximate surface area is 501 Å². The molecular formula is C67H90N4O14. The Morgan fingerprint density at radius 3 is 1.47 bits per heavy atom. The largest absolute Gasteiger partial charge is 0.484 e. The van der Waals surface area contributed by atoms with E-state index in [-0.39, 0.29) is 79.1 Å². The minimum absolute atomic E-state index is 0.0104. The number of allylic oxidation sites excluding steroid dienone is 8. The van der Waals surface area contributed by atoms with Crippen molar-refractivity contribution < 1.29 is 67.7 Å². The van der Waals surface area contributed by atoms with Gasteiger partial charge in [-0.15, -0.1) is 0 Å². The zero-order valence-electron chi connectivity index (χ0n) is 51.4. The summed E-state index contributed by atoms with van der Waals surface area (Å²) in [6.07, 6.45) is 15.2. The Hall–Kier alpha value is -6.21. The second kappa shape index (κ2) is 25.2. The van der Waals surface area contributed by atoms with Gasteiger partial charge in [0, 0.05) is 78.6 Å². The van der Waals surface area contributed by atoms with Crippen molar-refractivity contribution in [3.63, 3.8) is 0 Å². The highest BCUT2D eigenvalue weighted by atomic mass is 16.6. The first-order valence-corrected chi connectivity index (χ1v) is 31.1. The van der Waals surface area contributed by atoms with Crippen LogP contribution in [0.5, 0.6) is 23.0 Å². The van der Waals surface area contributed by atoms with Crippen molar-refractivity contribution >= 4 is 30.0 Å². The number of carboxylic acids is 1. The average Bonchev–Trinajstić information content (AvgIpc) is 1.92. The van der Waals surface area contributed by atoms with E-state index in [4.69, 9.17) is 28.4 Å². The van der Waals surface area contributed by atoms with Crippen molar-refractivity contribution in [2.24, 2.45) is 10.8 Å². The van der Waals surface area contributed by atoms with E-state index in [2.05, 4.69) is 65.8 Å². The minimum Gasteiger partial charge on any atom is -0.484 e. The fourth-order valence-corrected chi connectivity index (χ4v) is 13.6. The van der Waals surface area contributed by atoms with Crippen LogP contribution < -0.4 is 18.9 Å². The van der Waals surface area contributed by atoms with Crippen molar-refractivity contribution in [2.45, 2.75) is 201 Å². The number of aliphatic hydroxyl groups excluding tert-OH is 2. The Bertz CT molecular complexity index is 3040. The monoisotopic (exact) mass is 1170 g/mol. The maximum absolute atomic E-state index is 14.8. The van der Waals surface area contributed by atoms with Crippen LogP contribution in [0.3, 0.4) is 0 Å². The highest BCUT2D eigenvalue weighted by molar-refractivity contribution is 6.02. The summed E-state index contributed by atoms with van der Waals surface area (Å²) in [5.41, 5.74) is 5.54. The maximum atomic E-state index is 14.8. The Morgan fingerprint density at radius 2 is 1.06 bits per heavy atom. The highest BCUT2D eigenvalue weighted by Crippen LogP contribution is 2.50. The van der Waals surface area contributed by atoms with Crippen LogP contribution in [0.1, 0.15) is 188 Å². The number of aliphatic hydroxyl groups is 2. The molecule has 4 saturated heterocycles. The number of carbonyl (C=O) groups excluding carboxylic acids is 4. The molecule has 18 heteroatoms. The number of carbonyl (C=O) groups is 5. The molecule has 0 aliphatic carbocycles. The molecule has 18 nitrogen and oxygen atoms in total. The summed E-state index contributed by atoms with van der Waals surface area (Å²) >= 11 is 0. The predicted octanol–water partition coefficient (Wildman–Crippen LogP) is 10.8. The number of amides is 4. The van der Waals surface area contributed by atoms with Gasteiger partial charge in [0.25, 0.3) is 11.8 Å². The lowest BCUT2D eigenvalue weighted by Gasteiger charge is -2.46. The van der Waals surface area contributed by atoms with Gasteiger partial charge in [0.05, 0.1) is 62.9 Å². The first kappa shape index (κ1) is 61.9. The summed E-state index contributed by atoms with van der Waals surface area (Å²) in [7, 11) is 0. The van der Waals surface area contributed by atoms with E-state index < -0.39 is 53.5 Å². The van der Waals surface area contributed by atoms with Crippen LogP contribution >= 0.6 is 0 Å². The number of hydrogen-bond acceptors (Lipinski definition) is 13. The molecule has 2 aromatic carbocycles. The second-order valence-corrected chi connectivity index (χ2v) is 26.9. The van der Waals surface area contributed by atoms with Crippen molar-refractivity contribution in [2.75, 3.05) is 59.2 Å². The SMILES string of the molecule is CC(C)=CCC/C(C)=C/CC[C@@]1(C)Oc2c(c(OC(=O)N3CCC4(CC3)COC4)cc3c2CN(CCC[C@@H](C(=O)O)N2Cc4c(cc(OC(=O)N5CCC6(CC5)COC6)c5c4O[C@](C)(CC/C=C(\C)CCC=C(C)C)[C@@H](O)C5)C2=O)C3=O)C[C@@H]1O. The second-order valence-electron chi connectivity index (χ2n) is 26.9. The number of carboxylic acid groups (broad SMARTS) is 1. The molecule has 8 aliphatic rings. The van der Waals surface area contributed by atoms with Crippen LogP contribution in [0, 0.1) is 10.8 Å². The lowest BCUT2D eigenvalue weighted by molar-refractivity contribution is -0.142. The number of piperidine rings is 2. The van der Waals surface area contributed by atoms with Gasteiger partial charge in [0.1, 0.15) is 40.2 Å². The lowest BCUT2D eigenvalue weighted by Crippen LogP contribution is -2.52. The first-order chi connectivity index (χ1) is 40.5. The number of fused-ring (bicyclic) bond motifs is 6. The van der Waals surface area contributed by atoms with E-state index in [0.29, 0.717) is 118 Å². The molecule has 0 saturated carbocycles. The third kappa shape index (κ3) is 13.2. The summed E-state index contributed by atoms with van der Waals surface area (Å²) < 4.78 is 37.1. The molecule has 0 bridgehead atoms. The molecule has 4 fully saturated rings. The number of aliphatic carboxylic acids is 1. The standard InChI is InChI=1S/C67H90N4O14/c1-42(2)14-9-16-44(5)18-11-21-64(7)55(72)34-48-53(82-62(78)68-28-23-66(24-29-68)38-80-39-66)32-46-50(57(48)84-64)36-70(59(46)74)27-13-20-52(61(76)77)71-37-51-47(60(71)75)33-54(83-63(79)69-30-25-67(26-31-69)40-81-41-67)49-35-56(73)65(8,85-58(49)51)22-12-19-45(6)17-10-15-43(3)4/h14-15,18-19,32-33,52,55-56,72-73H,9-13,16-17,20-31,34-41H2,1-8H3,(H,76,77)/b44-18+,45-19+/t52-,55-,56-,64+,65+/m0/s1. The summed E-state index contributed by atoms with van der Waals surface area (Å²) in [5.74, 6) is -1.14. The number of hydrogen-bond donors (Lipinski definition) is 3. The minimum atomic E-state index is -1.31. The fourth-order valence-electron chi connectivity index (χ4n) is 13.6. The van der Waals surface area contributed by atoms with Crippen LogP contribution in [-0.4, -0.2) is 153 Å². The number of benzene rings is 2. The molecule has 0 radical (unpaired) electrons. The third-order valence-electron chi connectivity index (χ3n) is 19.7. The van der Waals surface area contributed by atoms with Crippen molar-refractivity contribution in [3.05, 3.63) is 92.1 Å². The van der Waals surface area contributed by atoms with Crippen LogP contribution in [-0.2, 0) is 40.2 Å². The van der Waals surface area contributed by atoms with E-state index in [9.17, 15) is 39.3 Å². The molecular weight excluding hydrogens is 1080 g/mol. The van der Waals surface area contributed by atoms with Gasteiger partial charge in [0.2, 0.25) is 0 Å². The van der Waals surface area contributed by atoms with Gasteiger partial charge in [0.15, 0.2) is 0 Å². The molecule has 85 heavy (non-hydrogen) atoms. The third-order valence-corrected chi connectivity index (χ3v) is 19.7. The van der Waals surface area contributed by atoms with Crippen LogP contribution in [0.15, 0.2) is 58.7 Å². The van der Waals surface area contributed by atoms with Crippen LogP contribution in [0.2, 0.25) is 0 Å². The molecule has 2 spiro atoms. The zero-order valence-corrected chi connectivity index (χ0v) is 51.4. The van der Waals surface area contributed by atoms with Crippen molar-refractivity contribution in [1.29, 1.82) is 0 Å². The zero-order chi connectivity index (χ0) is 60.6. The average molecular weight is 1180 g/mol. The molecule has 8 heterocycles. The Balaban J connectivity index is 0.865. The van der Waals surface area contributed by atoms with Crippen LogP contribution in [0.25, 0.3) is 0 Å². The molecule has 5 atom stereocenters. The van der Waals surface area contributed by atoms with E-state index in [0.717, 1.165) is 51.4 Å².